The molecule has 0 amide bonds. The SMILES string of the molecule is N=C(N)c1cc(F)c(Oc2cncc(Br)c2)c(F)c1. The molecule has 0 saturated carbocycles. The van der Waals surface area contributed by atoms with Crippen molar-refractivity contribution in [1.82, 2.24) is 4.98 Å². The molecule has 3 N–H and O–H groups in total. The molecule has 0 saturated heterocycles. The van der Waals surface area contributed by atoms with Crippen LogP contribution in [0.15, 0.2) is 35.1 Å². The number of rotatable bonds is 3. The molecule has 98 valence electrons. The zero-order valence-corrected chi connectivity index (χ0v) is 11.0. The van der Waals surface area contributed by atoms with Gasteiger partial charge in [-0.3, -0.25) is 10.4 Å². The Labute approximate surface area is 115 Å². The van der Waals surface area contributed by atoms with Crippen LogP contribution < -0.4 is 10.5 Å². The van der Waals surface area contributed by atoms with E-state index in [1.165, 1.54) is 18.5 Å². The van der Waals surface area contributed by atoms with Gasteiger partial charge in [0.1, 0.15) is 11.6 Å². The van der Waals surface area contributed by atoms with Crippen LogP contribution in [0.3, 0.4) is 0 Å². The van der Waals surface area contributed by atoms with Gasteiger partial charge in [-0.05, 0) is 34.1 Å². The lowest BCUT2D eigenvalue weighted by atomic mass is 10.2. The first kappa shape index (κ1) is 13.4. The summed E-state index contributed by atoms with van der Waals surface area (Å²) >= 11 is 3.17. The van der Waals surface area contributed by atoms with E-state index in [-0.39, 0.29) is 11.3 Å². The molecule has 0 bridgehead atoms. The van der Waals surface area contributed by atoms with Crippen LogP contribution in [-0.2, 0) is 0 Å². The minimum Gasteiger partial charge on any atom is -0.450 e. The van der Waals surface area contributed by atoms with E-state index in [9.17, 15) is 8.78 Å². The predicted molar refractivity (Wildman–Crippen MR) is 69.4 cm³/mol. The highest BCUT2D eigenvalue weighted by Crippen LogP contribution is 2.29. The van der Waals surface area contributed by atoms with Gasteiger partial charge in [0.15, 0.2) is 17.4 Å². The van der Waals surface area contributed by atoms with E-state index in [1.807, 2.05) is 0 Å². The van der Waals surface area contributed by atoms with E-state index in [2.05, 4.69) is 20.9 Å². The average molecular weight is 328 g/mol. The number of aromatic nitrogens is 1. The van der Waals surface area contributed by atoms with Crippen LogP contribution in [0.5, 0.6) is 11.5 Å². The van der Waals surface area contributed by atoms with E-state index < -0.39 is 23.2 Å². The first-order valence-electron chi connectivity index (χ1n) is 5.09. The lowest BCUT2D eigenvalue weighted by Gasteiger charge is -2.09. The fourth-order valence-corrected chi connectivity index (χ4v) is 1.72. The Morgan fingerprint density at radius 3 is 2.37 bits per heavy atom. The Kier molecular flexibility index (Phi) is 3.75. The lowest BCUT2D eigenvalue weighted by molar-refractivity contribution is 0.406. The molecule has 0 aliphatic heterocycles. The molecule has 1 aromatic heterocycles. The molecule has 0 radical (unpaired) electrons. The van der Waals surface area contributed by atoms with Crippen molar-refractivity contribution < 1.29 is 13.5 Å². The fourth-order valence-electron chi connectivity index (χ4n) is 1.38. The zero-order chi connectivity index (χ0) is 14.0. The largest absolute Gasteiger partial charge is 0.450 e. The van der Waals surface area contributed by atoms with Crippen molar-refractivity contribution in [3.05, 3.63) is 52.3 Å². The highest BCUT2D eigenvalue weighted by Gasteiger charge is 2.15. The van der Waals surface area contributed by atoms with Crippen molar-refractivity contribution >= 4 is 21.8 Å². The van der Waals surface area contributed by atoms with Gasteiger partial charge >= 0.3 is 0 Å². The number of nitrogens with two attached hydrogens (primary N) is 1. The van der Waals surface area contributed by atoms with Gasteiger partial charge in [0.05, 0.1) is 6.20 Å². The summed E-state index contributed by atoms with van der Waals surface area (Å²) in [6.07, 6.45) is 2.83. The molecule has 2 rings (SSSR count). The Bertz CT molecular complexity index is 626. The number of nitrogens with zero attached hydrogens (tertiary/aromatic N) is 1. The zero-order valence-electron chi connectivity index (χ0n) is 9.45. The molecule has 0 unspecified atom stereocenters. The monoisotopic (exact) mass is 327 g/mol. The number of nitrogens with one attached hydrogen (secondary N) is 1. The summed E-state index contributed by atoms with van der Waals surface area (Å²) in [4.78, 5) is 3.81. The van der Waals surface area contributed by atoms with Gasteiger partial charge in [0, 0.05) is 16.2 Å². The van der Waals surface area contributed by atoms with Crippen LogP contribution in [0, 0.1) is 17.0 Å². The van der Waals surface area contributed by atoms with Crippen LogP contribution in [0.2, 0.25) is 0 Å². The summed E-state index contributed by atoms with van der Waals surface area (Å²) in [5, 5.41) is 7.14. The molecule has 1 heterocycles. The normalized spacial score (nSPS) is 10.3. The minimum atomic E-state index is -0.940. The van der Waals surface area contributed by atoms with E-state index in [1.54, 1.807) is 0 Å². The third-order valence-corrected chi connectivity index (χ3v) is 2.64. The molecule has 2 aromatic rings. The molecule has 0 fully saturated rings. The smallest absolute Gasteiger partial charge is 0.198 e. The molecule has 0 aliphatic rings. The molecule has 0 aliphatic carbocycles. The fraction of sp³-hybridized carbons (Fsp3) is 0. The van der Waals surface area contributed by atoms with E-state index in [0.717, 1.165) is 12.1 Å². The highest BCUT2D eigenvalue weighted by atomic mass is 79.9. The van der Waals surface area contributed by atoms with Crippen LogP contribution in [0.25, 0.3) is 0 Å². The maximum atomic E-state index is 13.7. The lowest BCUT2D eigenvalue weighted by Crippen LogP contribution is -2.12. The van der Waals surface area contributed by atoms with E-state index in [4.69, 9.17) is 15.9 Å². The van der Waals surface area contributed by atoms with Crippen molar-refractivity contribution in [1.29, 1.82) is 5.41 Å². The first-order valence-corrected chi connectivity index (χ1v) is 5.88. The minimum absolute atomic E-state index is 0.0466. The number of nitrogen functional groups attached to an aromatic ring is 1. The Balaban J connectivity index is 2.38. The Morgan fingerprint density at radius 2 is 1.84 bits per heavy atom. The van der Waals surface area contributed by atoms with Gasteiger partial charge in [-0.25, -0.2) is 8.78 Å². The average Bonchev–Trinajstić information content (AvgIpc) is 2.33. The summed E-state index contributed by atoms with van der Waals surface area (Å²) in [5.41, 5.74) is 5.12. The second kappa shape index (κ2) is 5.31. The third-order valence-electron chi connectivity index (χ3n) is 2.21. The van der Waals surface area contributed by atoms with Crippen molar-refractivity contribution in [2.45, 2.75) is 0 Å². The molecular weight excluding hydrogens is 320 g/mol. The van der Waals surface area contributed by atoms with Crippen LogP contribution >= 0.6 is 15.9 Å². The quantitative estimate of drug-likeness (QED) is 0.671. The molecule has 4 nitrogen and oxygen atoms in total. The standard InChI is InChI=1S/C12H8BrF2N3O/c13-7-3-8(5-18-4-7)19-11-9(14)1-6(12(16)17)2-10(11)15/h1-5H,(H3,16,17). The molecule has 7 heteroatoms. The number of hydrogen-bond donors (Lipinski definition) is 2. The predicted octanol–water partition coefficient (Wildman–Crippen LogP) is 3.20. The number of hydrogen-bond acceptors (Lipinski definition) is 3. The van der Waals surface area contributed by atoms with Gasteiger partial charge in [-0.15, -0.1) is 0 Å². The summed E-state index contributed by atoms with van der Waals surface area (Å²) in [6, 6.07) is 3.39. The molecule has 0 atom stereocenters. The molecule has 0 spiro atoms. The second-order valence-corrected chi connectivity index (χ2v) is 4.54. The van der Waals surface area contributed by atoms with Gasteiger partial charge in [-0.1, -0.05) is 0 Å². The van der Waals surface area contributed by atoms with Gasteiger partial charge in [0.25, 0.3) is 0 Å². The third kappa shape index (κ3) is 3.05. The van der Waals surface area contributed by atoms with Gasteiger partial charge in [-0.2, -0.15) is 0 Å². The van der Waals surface area contributed by atoms with E-state index >= 15 is 0 Å². The summed E-state index contributed by atoms with van der Waals surface area (Å²) in [6.45, 7) is 0. The van der Waals surface area contributed by atoms with Gasteiger partial charge < -0.3 is 10.5 Å². The molecule has 19 heavy (non-hydrogen) atoms. The Hall–Kier alpha value is -2.02. The maximum Gasteiger partial charge on any atom is 0.198 e. The van der Waals surface area contributed by atoms with Crippen molar-refractivity contribution in [2.24, 2.45) is 5.73 Å². The Morgan fingerprint density at radius 1 is 1.21 bits per heavy atom. The van der Waals surface area contributed by atoms with Crippen molar-refractivity contribution in [2.75, 3.05) is 0 Å². The second-order valence-electron chi connectivity index (χ2n) is 3.62. The number of benzene rings is 1. The number of ether oxygens (including phenoxy) is 1. The number of pyridine rings is 1. The van der Waals surface area contributed by atoms with Crippen LogP contribution in [-0.4, -0.2) is 10.8 Å². The number of halogens is 3. The summed E-state index contributed by atoms with van der Waals surface area (Å²) in [7, 11) is 0. The summed E-state index contributed by atoms with van der Waals surface area (Å²) < 4.78 is 33.1. The molecule has 1 aromatic carbocycles. The van der Waals surface area contributed by atoms with Gasteiger partial charge in [0.2, 0.25) is 0 Å². The first-order chi connectivity index (χ1) is 8.97. The molecular formula is C12H8BrF2N3O. The van der Waals surface area contributed by atoms with Crippen molar-refractivity contribution in [3.63, 3.8) is 0 Å². The maximum absolute atomic E-state index is 13.7. The summed E-state index contributed by atoms with van der Waals surface area (Å²) in [5.74, 6) is -2.68. The topological polar surface area (TPSA) is 72.0 Å². The van der Waals surface area contributed by atoms with E-state index in [0.29, 0.717) is 4.47 Å². The number of amidine groups is 1. The highest BCUT2D eigenvalue weighted by molar-refractivity contribution is 9.10. The van der Waals surface area contributed by atoms with Crippen LogP contribution in [0.4, 0.5) is 8.78 Å². The van der Waals surface area contributed by atoms with Crippen LogP contribution in [0.1, 0.15) is 5.56 Å². The van der Waals surface area contributed by atoms with Crippen molar-refractivity contribution in [3.8, 4) is 11.5 Å².